The maximum atomic E-state index is 13.2. The Morgan fingerprint density at radius 1 is 0.784 bits per heavy atom. The molecular formula is C30H45N3O4. The average molecular weight is 512 g/mol. The Labute approximate surface area is 222 Å². The van der Waals surface area contributed by atoms with E-state index in [1.807, 2.05) is 77.9 Å². The number of rotatable bonds is 13. The van der Waals surface area contributed by atoms with Crippen LogP contribution in [0.5, 0.6) is 0 Å². The van der Waals surface area contributed by atoms with Gasteiger partial charge in [-0.1, -0.05) is 60.7 Å². The van der Waals surface area contributed by atoms with Crippen molar-refractivity contribution in [3.63, 3.8) is 0 Å². The van der Waals surface area contributed by atoms with Crippen LogP contribution in [0.1, 0.15) is 59.1 Å². The fourth-order valence-corrected chi connectivity index (χ4v) is 3.78. The van der Waals surface area contributed by atoms with Crippen LogP contribution in [-0.2, 0) is 27.4 Å². The molecule has 2 aromatic carbocycles. The van der Waals surface area contributed by atoms with Crippen LogP contribution in [0.3, 0.4) is 0 Å². The van der Waals surface area contributed by atoms with Crippen LogP contribution in [0.2, 0.25) is 0 Å². The smallest absolute Gasteiger partial charge is 0.407 e. The second-order valence-electron chi connectivity index (χ2n) is 11.4. The summed E-state index contributed by atoms with van der Waals surface area (Å²) in [4.78, 5) is 27.3. The van der Waals surface area contributed by atoms with E-state index in [2.05, 4.69) is 39.8 Å². The Morgan fingerprint density at radius 2 is 1.30 bits per heavy atom. The van der Waals surface area contributed by atoms with Gasteiger partial charge in [0.1, 0.15) is 11.2 Å². The van der Waals surface area contributed by atoms with Crippen LogP contribution >= 0.6 is 0 Å². The summed E-state index contributed by atoms with van der Waals surface area (Å²) in [5.41, 5.74) is 1.31. The molecule has 1 amide bonds. The van der Waals surface area contributed by atoms with Gasteiger partial charge in [-0.15, -0.1) is 0 Å². The van der Waals surface area contributed by atoms with E-state index in [0.717, 1.165) is 19.5 Å². The fraction of sp³-hybridized carbons (Fsp3) is 0.533. The molecule has 7 heteroatoms. The Hall–Kier alpha value is -2.90. The van der Waals surface area contributed by atoms with Crippen molar-refractivity contribution in [3.05, 3.63) is 71.8 Å². The molecule has 0 aliphatic carbocycles. The predicted molar refractivity (Wildman–Crippen MR) is 148 cm³/mol. The number of alkyl carbamates (subject to hydrolysis) is 1. The van der Waals surface area contributed by atoms with Crippen LogP contribution < -0.4 is 10.6 Å². The molecule has 0 aliphatic rings. The fourth-order valence-electron chi connectivity index (χ4n) is 3.78. The molecule has 1 unspecified atom stereocenters. The van der Waals surface area contributed by atoms with Crippen LogP contribution in [0.15, 0.2) is 60.7 Å². The summed E-state index contributed by atoms with van der Waals surface area (Å²) >= 11 is 0. The number of benzene rings is 2. The van der Waals surface area contributed by atoms with Gasteiger partial charge in [0.15, 0.2) is 0 Å². The van der Waals surface area contributed by atoms with Gasteiger partial charge in [-0.3, -0.25) is 9.69 Å². The van der Waals surface area contributed by atoms with Crippen LogP contribution in [0, 0.1) is 5.92 Å². The normalized spacial score (nSPS) is 12.7. The van der Waals surface area contributed by atoms with Gasteiger partial charge in [0.25, 0.3) is 0 Å². The zero-order chi connectivity index (χ0) is 27.3. The lowest BCUT2D eigenvalue weighted by Crippen LogP contribution is -2.42. The number of nitrogens with zero attached hydrogens (tertiary/aromatic N) is 1. The highest BCUT2D eigenvalue weighted by molar-refractivity contribution is 5.73. The molecule has 0 saturated heterocycles. The first kappa shape index (κ1) is 30.3. The molecule has 0 spiro atoms. The monoisotopic (exact) mass is 511 g/mol. The summed E-state index contributed by atoms with van der Waals surface area (Å²) in [6.07, 6.45) is 0.300. The van der Waals surface area contributed by atoms with Gasteiger partial charge in [0.2, 0.25) is 0 Å². The second kappa shape index (κ2) is 14.7. The van der Waals surface area contributed by atoms with Crippen molar-refractivity contribution in [1.82, 2.24) is 15.5 Å². The molecule has 1 atom stereocenters. The molecule has 2 N–H and O–H groups in total. The summed E-state index contributed by atoms with van der Waals surface area (Å²) in [6, 6.07) is 20.6. The molecule has 0 saturated carbocycles. The number of esters is 1. The summed E-state index contributed by atoms with van der Waals surface area (Å²) < 4.78 is 11.0. The molecule has 2 rings (SSSR count). The highest BCUT2D eigenvalue weighted by Crippen LogP contribution is 2.16. The first-order valence-corrected chi connectivity index (χ1v) is 13.1. The summed E-state index contributed by atoms with van der Waals surface area (Å²) in [6.45, 7) is 14.8. The summed E-state index contributed by atoms with van der Waals surface area (Å²) in [7, 11) is 0. The van der Waals surface area contributed by atoms with Gasteiger partial charge in [-0.2, -0.15) is 0 Å². The third-order valence-corrected chi connectivity index (χ3v) is 5.31. The van der Waals surface area contributed by atoms with Crippen LogP contribution in [0.25, 0.3) is 0 Å². The van der Waals surface area contributed by atoms with Crippen molar-refractivity contribution in [2.75, 3.05) is 26.2 Å². The quantitative estimate of drug-likeness (QED) is 0.286. The van der Waals surface area contributed by atoms with Crippen molar-refractivity contribution in [1.29, 1.82) is 0 Å². The molecule has 0 heterocycles. The first-order valence-electron chi connectivity index (χ1n) is 13.1. The van der Waals surface area contributed by atoms with E-state index in [1.54, 1.807) is 0 Å². The van der Waals surface area contributed by atoms with E-state index in [0.29, 0.717) is 26.2 Å². The largest absolute Gasteiger partial charge is 0.460 e. The molecule has 2 aromatic rings. The standard InChI is InChI=1S/C30H45N3O4/c1-29(2,3)36-27(34)26(20-31-18-13-19-32-28(35)37-30(4,5)6)23-33(21-24-14-9-7-10-15-24)22-25-16-11-8-12-17-25/h7-12,14-17,26,31H,13,18-23H2,1-6H3,(H,32,35). The van der Waals surface area contributed by atoms with E-state index < -0.39 is 17.3 Å². The molecular weight excluding hydrogens is 466 g/mol. The van der Waals surface area contributed by atoms with Gasteiger partial charge in [-0.05, 0) is 65.6 Å². The molecule has 0 aromatic heterocycles. The number of ether oxygens (including phenoxy) is 2. The SMILES string of the molecule is CC(C)(C)OC(=O)NCCCNCC(CN(Cc1ccccc1)Cc1ccccc1)C(=O)OC(C)(C)C. The highest BCUT2D eigenvalue weighted by Gasteiger charge is 2.27. The molecule has 0 bridgehead atoms. The van der Waals surface area contributed by atoms with Crippen molar-refractivity contribution in [2.24, 2.45) is 5.92 Å². The van der Waals surface area contributed by atoms with Crippen molar-refractivity contribution in [3.8, 4) is 0 Å². The van der Waals surface area contributed by atoms with Gasteiger partial charge in [0.05, 0.1) is 5.92 Å². The van der Waals surface area contributed by atoms with E-state index in [-0.39, 0.29) is 11.9 Å². The van der Waals surface area contributed by atoms with Gasteiger partial charge >= 0.3 is 12.1 Å². The molecule has 204 valence electrons. The molecule has 37 heavy (non-hydrogen) atoms. The van der Waals surface area contributed by atoms with E-state index in [9.17, 15) is 9.59 Å². The van der Waals surface area contributed by atoms with E-state index >= 15 is 0 Å². The minimum Gasteiger partial charge on any atom is -0.460 e. The third-order valence-electron chi connectivity index (χ3n) is 5.31. The van der Waals surface area contributed by atoms with Crippen molar-refractivity contribution in [2.45, 2.75) is 72.3 Å². The summed E-state index contributed by atoms with van der Waals surface area (Å²) in [5, 5.41) is 6.15. The second-order valence-corrected chi connectivity index (χ2v) is 11.4. The molecule has 7 nitrogen and oxygen atoms in total. The highest BCUT2D eigenvalue weighted by atomic mass is 16.6. The number of nitrogens with one attached hydrogen (secondary N) is 2. The zero-order valence-corrected chi connectivity index (χ0v) is 23.4. The number of hydrogen-bond acceptors (Lipinski definition) is 6. The number of carbonyl (C=O) groups excluding carboxylic acids is 2. The van der Waals surface area contributed by atoms with E-state index in [4.69, 9.17) is 9.47 Å². The number of carbonyl (C=O) groups is 2. The average Bonchev–Trinajstić information content (AvgIpc) is 2.79. The Kier molecular flexibility index (Phi) is 12.1. The minimum atomic E-state index is -0.559. The maximum Gasteiger partial charge on any atom is 0.407 e. The van der Waals surface area contributed by atoms with Crippen molar-refractivity contribution >= 4 is 12.1 Å². The lowest BCUT2D eigenvalue weighted by Gasteiger charge is -2.29. The molecule has 0 aliphatic heterocycles. The minimum absolute atomic E-state index is 0.210. The predicted octanol–water partition coefficient (Wildman–Crippen LogP) is 5.15. The number of hydrogen-bond donors (Lipinski definition) is 2. The van der Waals surface area contributed by atoms with Gasteiger partial charge in [0, 0.05) is 32.7 Å². The van der Waals surface area contributed by atoms with Crippen molar-refractivity contribution < 1.29 is 19.1 Å². The van der Waals surface area contributed by atoms with Gasteiger partial charge in [-0.25, -0.2) is 4.79 Å². The maximum absolute atomic E-state index is 13.2. The van der Waals surface area contributed by atoms with Gasteiger partial charge < -0.3 is 20.1 Å². The summed E-state index contributed by atoms with van der Waals surface area (Å²) in [5.74, 6) is -0.552. The first-order chi connectivity index (χ1) is 17.4. The Bertz CT molecular complexity index is 895. The molecule has 0 fully saturated rings. The zero-order valence-electron chi connectivity index (χ0n) is 23.4. The Balaban J connectivity index is 2.00. The lowest BCUT2D eigenvalue weighted by atomic mass is 10.1. The lowest BCUT2D eigenvalue weighted by molar-refractivity contribution is -0.160. The number of amides is 1. The molecule has 0 radical (unpaired) electrons. The Morgan fingerprint density at radius 3 is 1.78 bits per heavy atom. The van der Waals surface area contributed by atoms with Crippen LogP contribution in [-0.4, -0.2) is 54.3 Å². The third kappa shape index (κ3) is 13.8. The van der Waals surface area contributed by atoms with Crippen LogP contribution in [0.4, 0.5) is 4.79 Å². The van der Waals surface area contributed by atoms with E-state index in [1.165, 1.54) is 11.1 Å². The topological polar surface area (TPSA) is 79.9 Å².